The first-order valence-corrected chi connectivity index (χ1v) is 6.20. The lowest BCUT2D eigenvalue weighted by Crippen LogP contribution is -2.16. The standard InChI is InChI=1S/C12H17N3O2S/c1-2-17-10(16)6-4-7-14-9-5-3-8-15-11(9)12(13)18/h3,5,8,14H,2,4,6-7H2,1H3,(H2,13,18). The van der Waals surface area contributed by atoms with Gasteiger partial charge in [-0.3, -0.25) is 9.78 Å². The predicted octanol–water partition coefficient (Wildman–Crippen LogP) is 1.47. The van der Waals surface area contributed by atoms with E-state index in [2.05, 4.69) is 10.3 Å². The van der Waals surface area contributed by atoms with Crippen molar-refractivity contribution in [2.45, 2.75) is 19.8 Å². The Hall–Kier alpha value is -1.69. The number of rotatable bonds is 7. The molecule has 0 fully saturated rings. The van der Waals surface area contributed by atoms with E-state index in [1.807, 2.05) is 6.07 Å². The lowest BCUT2D eigenvalue weighted by atomic mass is 10.2. The van der Waals surface area contributed by atoms with E-state index in [0.717, 1.165) is 5.69 Å². The lowest BCUT2D eigenvalue weighted by molar-refractivity contribution is -0.143. The van der Waals surface area contributed by atoms with Gasteiger partial charge in [-0.15, -0.1) is 0 Å². The number of aromatic nitrogens is 1. The summed E-state index contributed by atoms with van der Waals surface area (Å²) in [6.07, 6.45) is 2.71. The molecule has 0 aliphatic carbocycles. The molecule has 18 heavy (non-hydrogen) atoms. The fraction of sp³-hybridized carbons (Fsp3) is 0.417. The third kappa shape index (κ3) is 4.67. The van der Waals surface area contributed by atoms with Crippen molar-refractivity contribution in [2.24, 2.45) is 5.73 Å². The Morgan fingerprint density at radius 1 is 1.61 bits per heavy atom. The van der Waals surface area contributed by atoms with E-state index in [9.17, 15) is 4.79 Å². The molecule has 98 valence electrons. The molecule has 0 saturated carbocycles. The Labute approximate surface area is 112 Å². The first-order valence-electron chi connectivity index (χ1n) is 5.79. The third-order valence-corrected chi connectivity index (χ3v) is 2.41. The smallest absolute Gasteiger partial charge is 0.305 e. The van der Waals surface area contributed by atoms with Crippen LogP contribution in [0.25, 0.3) is 0 Å². The Kier molecular flexibility index (Phi) is 6.07. The maximum atomic E-state index is 11.1. The molecule has 6 heteroatoms. The van der Waals surface area contributed by atoms with Crippen LogP contribution in [0, 0.1) is 0 Å². The van der Waals surface area contributed by atoms with Gasteiger partial charge in [-0.05, 0) is 25.5 Å². The van der Waals surface area contributed by atoms with Gasteiger partial charge in [0.25, 0.3) is 0 Å². The van der Waals surface area contributed by atoms with Crippen molar-refractivity contribution in [2.75, 3.05) is 18.5 Å². The molecule has 1 rings (SSSR count). The fourth-order valence-corrected chi connectivity index (χ4v) is 1.60. The molecule has 0 aromatic carbocycles. The Balaban J connectivity index is 2.40. The van der Waals surface area contributed by atoms with Crippen molar-refractivity contribution in [3.05, 3.63) is 24.0 Å². The van der Waals surface area contributed by atoms with E-state index < -0.39 is 0 Å². The van der Waals surface area contributed by atoms with Crippen LogP contribution >= 0.6 is 12.2 Å². The maximum Gasteiger partial charge on any atom is 0.305 e. The van der Waals surface area contributed by atoms with Gasteiger partial charge in [0.05, 0.1) is 12.3 Å². The second-order valence-corrected chi connectivity index (χ2v) is 4.04. The summed E-state index contributed by atoms with van der Waals surface area (Å²) < 4.78 is 4.84. The first-order chi connectivity index (χ1) is 8.65. The summed E-state index contributed by atoms with van der Waals surface area (Å²) in [5, 5.41) is 3.15. The number of pyridine rings is 1. The predicted molar refractivity (Wildman–Crippen MR) is 74.5 cm³/mol. The molecule has 3 N–H and O–H groups in total. The molecule has 0 saturated heterocycles. The molecular formula is C12H17N3O2S. The van der Waals surface area contributed by atoms with E-state index in [0.29, 0.717) is 31.7 Å². The van der Waals surface area contributed by atoms with Gasteiger partial charge in [0.2, 0.25) is 0 Å². The first kappa shape index (κ1) is 14.4. The van der Waals surface area contributed by atoms with Crippen molar-refractivity contribution in [3.8, 4) is 0 Å². The van der Waals surface area contributed by atoms with Gasteiger partial charge in [-0.25, -0.2) is 0 Å². The zero-order chi connectivity index (χ0) is 13.4. The van der Waals surface area contributed by atoms with Crippen molar-refractivity contribution in [3.63, 3.8) is 0 Å². The van der Waals surface area contributed by atoms with Crippen LogP contribution in [0.2, 0.25) is 0 Å². The van der Waals surface area contributed by atoms with Crippen LogP contribution in [0.5, 0.6) is 0 Å². The zero-order valence-electron chi connectivity index (χ0n) is 10.3. The number of nitrogens with two attached hydrogens (primary N) is 1. The molecule has 0 radical (unpaired) electrons. The molecule has 1 aromatic heterocycles. The zero-order valence-corrected chi connectivity index (χ0v) is 11.1. The number of nitrogens with one attached hydrogen (secondary N) is 1. The van der Waals surface area contributed by atoms with Crippen LogP contribution in [0.3, 0.4) is 0 Å². The van der Waals surface area contributed by atoms with Crippen LogP contribution in [0.15, 0.2) is 18.3 Å². The van der Waals surface area contributed by atoms with E-state index in [4.69, 9.17) is 22.7 Å². The minimum atomic E-state index is -0.181. The largest absolute Gasteiger partial charge is 0.466 e. The van der Waals surface area contributed by atoms with Crippen molar-refractivity contribution in [1.82, 2.24) is 4.98 Å². The molecule has 0 atom stereocenters. The van der Waals surface area contributed by atoms with Crippen molar-refractivity contribution >= 4 is 28.9 Å². The minimum Gasteiger partial charge on any atom is -0.466 e. The molecule has 0 spiro atoms. The number of carbonyl (C=O) groups excluding carboxylic acids is 1. The van der Waals surface area contributed by atoms with Crippen LogP contribution in [0.4, 0.5) is 5.69 Å². The fourth-order valence-electron chi connectivity index (χ4n) is 1.43. The normalized spacial score (nSPS) is 9.83. The molecule has 0 aliphatic rings. The number of nitrogens with zero attached hydrogens (tertiary/aromatic N) is 1. The van der Waals surface area contributed by atoms with E-state index in [-0.39, 0.29) is 11.0 Å². The molecular weight excluding hydrogens is 250 g/mol. The lowest BCUT2D eigenvalue weighted by Gasteiger charge is -2.09. The summed E-state index contributed by atoms with van der Waals surface area (Å²) in [5.74, 6) is -0.181. The maximum absolute atomic E-state index is 11.1. The van der Waals surface area contributed by atoms with Crippen LogP contribution in [-0.2, 0) is 9.53 Å². The Morgan fingerprint density at radius 3 is 3.06 bits per heavy atom. The average Bonchev–Trinajstić information content (AvgIpc) is 2.35. The van der Waals surface area contributed by atoms with E-state index in [1.165, 1.54) is 0 Å². The monoisotopic (exact) mass is 267 g/mol. The number of ether oxygens (including phenoxy) is 1. The van der Waals surface area contributed by atoms with Crippen molar-refractivity contribution < 1.29 is 9.53 Å². The third-order valence-electron chi connectivity index (χ3n) is 2.22. The van der Waals surface area contributed by atoms with Crippen LogP contribution in [0.1, 0.15) is 25.5 Å². The summed E-state index contributed by atoms with van der Waals surface area (Å²) in [7, 11) is 0. The number of hydrogen-bond donors (Lipinski definition) is 2. The molecule has 0 amide bonds. The highest BCUT2D eigenvalue weighted by Gasteiger charge is 2.06. The molecule has 1 heterocycles. The summed E-state index contributed by atoms with van der Waals surface area (Å²) in [4.78, 5) is 15.5. The Bertz CT molecular complexity index is 424. The SMILES string of the molecule is CCOC(=O)CCCNc1cccnc1C(N)=S. The van der Waals surface area contributed by atoms with Crippen molar-refractivity contribution in [1.29, 1.82) is 0 Å². The topological polar surface area (TPSA) is 77.2 Å². The summed E-state index contributed by atoms with van der Waals surface area (Å²) in [6.45, 7) is 2.85. The molecule has 1 aromatic rings. The molecule has 5 nitrogen and oxygen atoms in total. The van der Waals surface area contributed by atoms with Gasteiger partial charge in [0, 0.05) is 19.2 Å². The number of thiocarbonyl (C=S) groups is 1. The highest BCUT2D eigenvalue weighted by Crippen LogP contribution is 2.11. The average molecular weight is 267 g/mol. The van der Waals surface area contributed by atoms with Gasteiger partial charge < -0.3 is 15.8 Å². The second kappa shape index (κ2) is 7.60. The molecule has 0 bridgehead atoms. The highest BCUT2D eigenvalue weighted by atomic mass is 32.1. The van der Waals surface area contributed by atoms with Gasteiger partial charge in [-0.1, -0.05) is 12.2 Å². The minimum absolute atomic E-state index is 0.181. The number of esters is 1. The quantitative estimate of drug-likeness (QED) is 0.442. The number of anilines is 1. The number of carbonyl (C=O) groups is 1. The summed E-state index contributed by atoms with van der Waals surface area (Å²) in [6, 6.07) is 3.65. The summed E-state index contributed by atoms with van der Waals surface area (Å²) >= 11 is 4.91. The Morgan fingerprint density at radius 2 is 2.39 bits per heavy atom. The van der Waals surface area contributed by atoms with Crippen LogP contribution in [-0.4, -0.2) is 29.1 Å². The highest BCUT2D eigenvalue weighted by molar-refractivity contribution is 7.80. The number of hydrogen-bond acceptors (Lipinski definition) is 5. The molecule has 0 aliphatic heterocycles. The second-order valence-electron chi connectivity index (χ2n) is 3.60. The summed E-state index contributed by atoms with van der Waals surface area (Å²) in [5.41, 5.74) is 6.92. The van der Waals surface area contributed by atoms with Crippen LogP contribution < -0.4 is 11.1 Å². The van der Waals surface area contributed by atoms with Gasteiger partial charge in [-0.2, -0.15) is 0 Å². The van der Waals surface area contributed by atoms with Gasteiger partial charge >= 0.3 is 5.97 Å². The van der Waals surface area contributed by atoms with Gasteiger partial charge in [0.15, 0.2) is 0 Å². The van der Waals surface area contributed by atoms with E-state index in [1.54, 1.807) is 19.2 Å². The molecule has 0 unspecified atom stereocenters. The van der Waals surface area contributed by atoms with Gasteiger partial charge in [0.1, 0.15) is 10.7 Å². The van der Waals surface area contributed by atoms with E-state index >= 15 is 0 Å².